The van der Waals surface area contributed by atoms with Crippen LogP contribution in [-0.4, -0.2) is 55.3 Å². The Bertz CT molecular complexity index is 1200. The predicted molar refractivity (Wildman–Crippen MR) is 136 cm³/mol. The van der Waals surface area contributed by atoms with Gasteiger partial charge in [0.15, 0.2) is 16.8 Å². The number of methoxy groups -OCH3 is 1. The van der Waals surface area contributed by atoms with Crippen molar-refractivity contribution in [3.8, 4) is 11.4 Å². The molecule has 2 aromatic heterocycles. The van der Waals surface area contributed by atoms with Crippen LogP contribution in [0.25, 0.3) is 5.69 Å². The second-order valence-electron chi connectivity index (χ2n) is 8.80. The third-order valence-electron chi connectivity index (χ3n) is 6.51. The summed E-state index contributed by atoms with van der Waals surface area (Å²) in [4.78, 5) is 27.5. The van der Waals surface area contributed by atoms with Gasteiger partial charge in [-0.25, -0.2) is 0 Å². The van der Waals surface area contributed by atoms with E-state index in [-0.39, 0.29) is 17.4 Å². The summed E-state index contributed by atoms with van der Waals surface area (Å²) in [6.07, 6.45) is 3.67. The third-order valence-corrected chi connectivity index (χ3v) is 7.47. The third kappa shape index (κ3) is 5.45. The number of aromatic nitrogens is 4. The number of thioether (sulfide) groups is 1. The summed E-state index contributed by atoms with van der Waals surface area (Å²) >= 11 is 1.40. The van der Waals surface area contributed by atoms with Crippen molar-refractivity contribution in [3.05, 3.63) is 53.1 Å². The predicted octanol–water partition coefficient (Wildman–Crippen LogP) is 4.59. The zero-order valence-electron chi connectivity index (χ0n) is 20.9. The molecule has 0 aliphatic carbocycles. The molecule has 1 aromatic carbocycles. The number of ketones is 1. The summed E-state index contributed by atoms with van der Waals surface area (Å²) in [5.41, 5.74) is 3.62. The van der Waals surface area contributed by atoms with Crippen LogP contribution >= 0.6 is 11.8 Å². The van der Waals surface area contributed by atoms with Gasteiger partial charge in [0.05, 0.1) is 19.4 Å². The molecule has 0 saturated carbocycles. The number of nitrogens with zero attached hydrogens (tertiary/aromatic N) is 5. The molecule has 1 aliphatic rings. The number of carbonyl (C=O) groups excluding carboxylic acids is 2. The molecule has 0 unspecified atom stereocenters. The van der Waals surface area contributed by atoms with E-state index in [0.717, 1.165) is 54.5 Å². The van der Waals surface area contributed by atoms with Gasteiger partial charge in [-0.15, -0.1) is 10.2 Å². The van der Waals surface area contributed by atoms with Crippen molar-refractivity contribution in [2.24, 2.45) is 0 Å². The molecule has 35 heavy (non-hydrogen) atoms. The Kier molecular flexibility index (Phi) is 7.95. The Balaban J connectivity index is 1.46. The Morgan fingerprint density at radius 3 is 2.60 bits per heavy atom. The average molecular weight is 496 g/mol. The quantitative estimate of drug-likeness (QED) is 0.319. The summed E-state index contributed by atoms with van der Waals surface area (Å²) in [6.45, 7) is 7.93. The molecular weight excluding hydrogens is 462 g/mol. The molecule has 9 heteroatoms. The van der Waals surface area contributed by atoms with E-state index in [0.29, 0.717) is 30.2 Å². The molecule has 0 bridgehead atoms. The van der Waals surface area contributed by atoms with Crippen LogP contribution in [0.2, 0.25) is 0 Å². The first-order valence-electron chi connectivity index (χ1n) is 12.1. The molecule has 0 spiro atoms. The highest BCUT2D eigenvalue weighted by atomic mass is 32.2. The maximum atomic E-state index is 13.2. The monoisotopic (exact) mass is 495 g/mol. The van der Waals surface area contributed by atoms with Crippen molar-refractivity contribution in [2.45, 2.75) is 64.7 Å². The van der Waals surface area contributed by atoms with Crippen molar-refractivity contribution in [1.82, 2.24) is 24.2 Å². The van der Waals surface area contributed by atoms with E-state index in [1.165, 1.54) is 11.8 Å². The number of ether oxygens (including phenoxy) is 1. The summed E-state index contributed by atoms with van der Waals surface area (Å²) in [7, 11) is 1.65. The minimum atomic E-state index is 0.0535. The van der Waals surface area contributed by atoms with E-state index >= 15 is 0 Å². The first kappa shape index (κ1) is 25.0. The number of amides is 1. The van der Waals surface area contributed by atoms with Gasteiger partial charge in [-0.2, -0.15) is 0 Å². The van der Waals surface area contributed by atoms with Crippen LogP contribution in [0, 0.1) is 13.8 Å². The van der Waals surface area contributed by atoms with E-state index in [1.807, 2.05) is 60.6 Å². The van der Waals surface area contributed by atoms with Crippen molar-refractivity contribution in [2.75, 3.05) is 19.4 Å². The number of benzene rings is 1. The molecule has 1 saturated heterocycles. The lowest BCUT2D eigenvalue weighted by Crippen LogP contribution is -2.31. The average Bonchev–Trinajstić information content (AvgIpc) is 3.31. The first-order chi connectivity index (χ1) is 16.9. The molecule has 0 atom stereocenters. The number of aryl methyl sites for hydroxylation is 1. The van der Waals surface area contributed by atoms with Crippen molar-refractivity contribution in [3.63, 3.8) is 0 Å². The Labute approximate surface area is 210 Å². The lowest BCUT2D eigenvalue weighted by atomic mass is 10.2. The number of likely N-dealkylation sites (tertiary alicyclic amines) is 1. The topological polar surface area (TPSA) is 82.3 Å². The van der Waals surface area contributed by atoms with Crippen LogP contribution in [0.3, 0.4) is 0 Å². The fraction of sp³-hybridized carbons (Fsp3) is 0.462. The first-order valence-corrected chi connectivity index (χ1v) is 13.1. The smallest absolute Gasteiger partial charge is 0.222 e. The van der Waals surface area contributed by atoms with Crippen LogP contribution in [0.15, 0.2) is 35.5 Å². The molecule has 1 fully saturated rings. The molecule has 0 radical (unpaired) electrons. The van der Waals surface area contributed by atoms with Crippen LogP contribution < -0.4 is 4.74 Å². The Hall–Kier alpha value is -3.07. The lowest BCUT2D eigenvalue weighted by molar-refractivity contribution is -0.131. The van der Waals surface area contributed by atoms with E-state index in [1.54, 1.807) is 7.11 Å². The number of hydrogen-bond donors (Lipinski definition) is 0. The summed E-state index contributed by atoms with van der Waals surface area (Å²) < 4.78 is 9.35. The minimum absolute atomic E-state index is 0.0535. The van der Waals surface area contributed by atoms with Gasteiger partial charge in [0.1, 0.15) is 5.75 Å². The van der Waals surface area contributed by atoms with Gasteiger partial charge in [0.25, 0.3) is 0 Å². The standard InChI is InChI=1S/C26H33N5O3S/c1-5-30-24(16-29-14-8-6-7-9-25(29)33)27-28-26(30)35-17-23(32)22-15-18(2)31(19(22)3)20-10-12-21(34-4)13-11-20/h10-13,15H,5-9,14,16-17H2,1-4H3. The molecular formula is C26H33N5O3S. The molecule has 0 N–H and O–H groups in total. The van der Waals surface area contributed by atoms with Gasteiger partial charge in [-0.05, 0) is 63.9 Å². The fourth-order valence-electron chi connectivity index (χ4n) is 4.62. The number of carbonyl (C=O) groups is 2. The fourth-order valence-corrected chi connectivity index (χ4v) is 5.52. The van der Waals surface area contributed by atoms with Gasteiger partial charge < -0.3 is 18.8 Å². The normalized spacial score (nSPS) is 14.3. The zero-order valence-corrected chi connectivity index (χ0v) is 21.7. The highest BCUT2D eigenvalue weighted by molar-refractivity contribution is 7.99. The summed E-state index contributed by atoms with van der Waals surface area (Å²) in [6, 6.07) is 9.76. The Morgan fingerprint density at radius 1 is 1.11 bits per heavy atom. The number of rotatable bonds is 9. The molecule has 8 nitrogen and oxygen atoms in total. The van der Waals surface area contributed by atoms with Gasteiger partial charge in [-0.1, -0.05) is 18.2 Å². The summed E-state index contributed by atoms with van der Waals surface area (Å²) in [5, 5.41) is 9.41. The van der Waals surface area contributed by atoms with Crippen LogP contribution in [0.4, 0.5) is 0 Å². The van der Waals surface area contributed by atoms with Crippen LogP contribution in [0.5, 0.6) is 5.75 Å². The molecule has 1 amide bonds. The second kappa shape index (κ2) is 11.1. The lowest BCUT2D eigenvalue weighted by Gasteiger charge is -2.20. The van der Waals surface area contributed by atoms with Crippen molar-refractivity contribution < 1.29 is 14.3 Å². The minimum Gasteiger partial charge on any atom is -0.497 e. The van der Waals surface area contributed by atoms with E-state index in [4.69, 9.17) is 4.74 Å². The van der Waals surface area contributed by atoms with Crippen molar-refractivity contribution in [1.29, 1.82) is 0 Å². The largest absolute Gasteiger partial charge is 0.497 e. The van der Waals surface area contributed by atoms with Gasteiger partial charge in [0, 0.05) is 42.1 Å². The van der Waals surface area contributed by atoms with Gasteiger partial charge in [0.2, 0.25) is 5.91 Å². The van der Waals surface area contributed by atoms with E-state index in [2.05, 4.69) is 14.8 Å². The highest BCUT2D eigenvalue weighted by Gasteiger charge is 2.22. The molecule has 3 heterocycles. The maximum absolute atomic E-state index is 13.2. The second-order valence-corrected chi connectivity index (χ2v) is 9.74. The molecule has 186 valence electrons. The maximum Gasteiger partial charge on any atom is 0.222 e. The number of Topliss-reactive ketones (excluding diaryl/α,β-unsaturated/α-hetero) is 1. The number of hydrogen-bond acceptors (Lipinski definition) is 6. The van der Waals surface area contributed by atoms with Crippen molar-refractivity contribution >= 4 is 23.5 Å². The van der Waals surface area contributed by atoms with Crippen LogP contribution in [0.1, 0.15) is 60.2 Å². The van der Waals surface area contributed by atoms with Gasteiger partial charge in [-0.3, -0.25) is 9.59 Å². The molecule has 1 aliphatic heterocycles. The Morgan fingerprint density at radius 2 is 1.89 bits per heavy atom. The van der Waals surface area contributed by atoms with Crippen LogP contribution in [-0.2, 0) is 17.9 Å². The van der Waals surface area contributed by atoms with Gasteiger partial charge >= 0.3 is 0 Å². The van der Waals surface area contributed by atoms with E-state index in [9.17, 15) is 9.59 Å². The molecule has 4 rings (SSSR count). The zero-order chi connectivity index (χ0) is 24.9. The SMILES string of the molecule is CCn1c(CN2CCCCCC2=O)nnc1SCC(=O)c1cc(C)n(-c2ccc(OC)cc2)c1C. The summed E-state index contributed by atoms with van der Waals surface area (Å²) in [5.74, 6) is 2.08. The highest BCUT2D eigenvalue weighted by Crippen LogP contribution is 2.26. The molecule has 3 aromatic rings. The van der Waals surface area contributed by atoms with E-state index < -0.39 is 0 Å².